The van der Waals surface area contributed by atoms with Crippen LogP contribution in [0.25, 0.3) is 0 Å². The second kappa shape index (κ2) is 8.67. The Hall–Kier alpha value is -1.55. The number of hydrogen-bond acceptors (Lipinski definition) is 4. The Morgan fingerprint density at radius 2 is 1.81 bits per heavy atom. The Kier molecular flexibility index (Phi) is 7.23. The maximum Gasteiger partial charge on any atom is 0.339 e. The number of carbonyl (C=O) groups excluding carboxylic acids is 2. The van der Waals surface area contributed by atoms with E-state index in [0.29, 0.717) is 18.2 Å². The second-order valence-electron chi connectivity index (χ2n) is 5.17. The van der Waals surface area contributed by atoms with E-state index < -0.39 is 11.9 Å². The van der Waals surface area contributed by atoms with Crippen LogP contribution in [0, 0.1) is 5.92 Å². The van der Waals surface area contributed by atoms with Crippen LogP contribution in [0.1, 0.15) is 54.3 Å². The summed E-state index contributed by atoms with van der Waals surface area (Å²) in [6.45, 7) is 6.50. The van der Waals surface area contributed by atoms with Crippen molar-refractivity contribution < 1.29 is 19.1 Å². The summed E-state index contributed by atoms with van der Waals surface area (Å²) < 4.78 is 10.3. The molecule has 0 aliphatic carbocycles. The fourth-order valence-electron chi connectivity index (χ4n) is 1.57. The minimum Gasteiger partial charge on any atom is -0.462 e. The van der Waals surface area contributed by atoms with Crippen molar-refractivity contribution in [2.45, 2.75) is 33.6 Å². The smallest absolute Gasteiger partial charge is 0.339 e. The number of esters is 2. The minimum atomic E-state index is -0.553. The van der Waals surface area contributed by atoms with Crippen LogP contribution >= 0.6 is 11.6 Å². The standard InChI is InChI=1S/C16H21ClO4/c1-4-5-8-20-16(19)14-9-12(17)6-7-13(14)15(18)21-10-11(2)3/h6-7,9,11H,4-5,8,10H2,1-3H3. The van der Waals surface area contributed by atoms with E-state index in [2.05, 4.69) is 0 Å². The van der Waals surface area contributed by atoms with Gasteiger partial charge in [-0.05, 0) is 30.5 Å². The van der Waals surface area contributed by atoms with Gasteiger partial charge in [0, 0.05) is 5.02 Å². The molecule has 0 spiro atoms. The molecule has 1 rings (SSSR count). The molecule has 0 aliphatic rings. The summed E-state index contributed by atoms with van der Waals surface area (Å²) in [7, 11) is 0. The second-order valence-corrected chi connectivity index (χ2v) is 5.61. The van der Waals surface area contributed by atoms with Gasteiger partial charge in [0.15, 0.2) is 0 Å². The van der Waals surface area contributed by atoms with Crippen LogP contribution in [-0.2, 0) is 9.47 Å². The lowest BCUT2D eigenvalue weighted by Gasteiger charge is -2.11. The van der Waals surface area contributed by atoms with E-state index in [9.17, 15) is 9.59 Å². The predicted octanol–water partition coefficient (Wildman–Crippen LogP) is 4.11. The highest BCUT2D eigenvalue weighted by Gasteiger charge is 2.20. The van der Waals surface area contributed by atoms with Crippen LogP contribution in [-0.4, -0.2) is 25.2 Å². The van der Waals surface area contributed by atoms with Crippen molar-refractivity contribution in [3.63, 3.8) is 0 Å². The molecule has 116 valence electrons. The lowest BCUT2D eigenvalue weighted by Crippen LogP contribution is -2.16. The molecule has 1 aromatic rings. The summed E-state index contributed by atoms with van der Waals surface area (Å²) in [4.78, 5) is 24.1. The zero-order valence-electron chi connectivity index (χ0n) is 12.6. The monoisotopic (exact) mass is 312 g/mol. The Morgan fingerprint density at radius 1 is 1.14 bits per heavy atom. The molecule has 0 amide bonds. The molecule has 0 heterocycles. The molecule has 4 nitrogen and oxygen atoms in total. The number of unbranched alkanes of at least 4 members (excludes halogenated alkanes) is 1. The van der Waals surface area contributed by atoms with Gasteiger partial charge < -0.3 is 9.47 Å². The van der Waals surface area contributed by atoms with Crippen LogP contribution in [0.4, 0.5) is 0 Å². The first-order valence-corrected chi connectivity index (χ1v) is 7.47. The van der Waals surface area contributed by atoms with Crippen molar-refractivity contribution in [2.75, 3.05) is 13.2 Å². The van der Waals surface area contributed by atoms with E-state index in [-0.39, 0.29) is 17.0 Å². The Labute approximate surface area is 130 Å². The highest BCUT2D eigenvalue weighted by atomic mass is 35.5. The molecule has 0 atom stereocenters. The van der Waals surface area contributed by atoms with Crippen molar-refractivity contribution in [1.29, 1.82) is 0 Å². The van der Waals surface area contributed by atoms with Crippen LogP contribution < -0.4 is 0 Å². The van der Waals surface area contributed by atoms with E-state index >= 15 is 0 Å². The number of carbonyl (C=O) groups is 2. The molecule has 21 heavy (non-hydrogen) atoms. The first kappa shape index (κ1) is 17.5. The number of halogens is 1. The lowest BCUT2D eigenvalue weighted by molar-refractivity contribution is 0.0428. The first-order valence-electron chi connectivity index (χ1n) is 7.09. The molecular weight excluding hydrogens is 292 g/mol. The predicted molar refractivity (Wildman–Crippen MR) is 81.8 cm³/mol. The van der Waals surface area contributed by atoms with Gasteiger partial charge in [-0.3, -0.25) is 0 Å². The summed E-state index contributed by atoms with van der Waals surface area (Å²) in [5.74, 6) is -0.869. The van der Waals surface area contributed by atoms with Gasteiger partial charge in [0.2, 0.25) is 0 Å². The van der Waals surface area contributed by atoms with Gasteiger partial charge in [-0.2, -0.15) is 0 Å². The van der Waals surface area contributed by atoms with E-state index in [1.54, 1.807) is 6.07 Å². The van der Waals surface area contributed by atoms with Gasteiger partial charge in [0.25, 0.3) is 0 Å². The van der Waals surface area contributed by atoms with Gasteiger partial charge in [-0.1, -0.05) is 38.8 Å². The molecule has 1 aromatic carbocycles. The molecule has 0 N–H and O–H groups in total. The van der Waals surface area contributed by atoms with E-state index in [4.69, 9.17) is 21.1 Å². The fourth-order valence-corrected chi connectivity index (χ4v) is 1.74. The molecule has 0 bridgehead atoms. The summed E-state index contributed by atoms with van der Waals surface area (Å²) in [6, 6.07) is 4.47. The zero-order chi connectivity index (χ0) is 15.8. The van der Waals surface area contributed by atoms with Crippen molar-refractivity contribution in [3.05, 3.63) is 34.3 Å². The summed E-state index contributed by atoms with van der Waals surface area (Å²) in [5, 5.41) is 0.373. The molecule has 0 radical (unpaired) electrons. The number of rotatable bonds is 7. The zero-order valence-corrected chi connectivity index (χ0v) is 13.4. The van der Waals surface area contributed by atoms with Crippen LogP contribution in [0.15, 0.2) is 18.2 Å². The topological polar surface area (TPSA) is 52.6 Å². The Morgan fingerprint density at radius 3 is 2.43 bits per heavy atom. The molecule has 0 unspecified atom stereocenters. The molecular formula is C16H21ClO4. The summed E-state index contributed by atoms with van der Waals surface area (Å²) in [6.07, 6.45) is 1.70. The van der Waals surface area contributed by atoms with Crippen molar-refractivity contribution >= 4 is 23.5 Å². The normalized spacial score (nSPS) is 10.5. The third-order valence-corrected chi connectivity index (χ3v) is 2.94. The van der Waals surface area contributed by atoms with Gasteiger partial charge >= 0.3 is 11.9 Å². The highest BCUT2D eigenvalue weighted by molar-refractivity contribution is 6.31. The average molecular weight is 313 g/mol. The van der Waals surface area contributed by atoms with Gasteiger partial charge in [-0.15, -0.1) is 0 Å². The van der Waals surface area contributed by atoms with Gasteiger partial charge in [0.1, 0.15) is 0 Å². The molecule has 5 heteroatoms. The third kappa shape index (κ3) is 5.76. The summed E-state index contributed by atoms with van der Waals surface area (Å²) in [5.41, 5.74) is 0.328. The van der Waals surface area contributed by atoms with Crippen LogP contribution in [0.5, 0.6) is 0 Å². The van der Waals surface area contributed by atoms with Gasteiger partial charge in [0.05, 0.1) is 24.3 Å². The maximum atomic E-state index is 12.0. The first-order chi connectivity index (χ1) is 9.95. The van der Waals surface area contributed by atoms with E-state index in [1.165, 1.54) is 12.1 Å². The largest absolute Gasteiger partial charge is 0.462 e. The minimum absolute atomic E-state index is 0.146. The quantitative estimate of drug-likeness (QED) is 0.561. The van der Waals surface area contributed by atoms with Crippen molar-refractivity contribution in [2.24, 2.45) is 5.92 Å². The SMILES string of the molecule is CCCCOC(=O)c1cc(Cl)ccc1C(=O)OCC(C)C. The lowest BCUT2D eigenvalue weighted by atomic mass is 10.1. The van der Waals surface area contributed by atoms with Gasteiger partial charge in [-0.25, -0.2) is 9.59 Å². The Bertz CT molecular complexity index is 497. The number of ether oxygens (including phenoxy) is 2. The van der Waals surface area contributed by atoms with E-state index in [0.717, 1.165) is 12.8 Å². The molecule has 0 saturated carbocycles. The van der Waals surface area contributed by atoms with Crippen molar-refractivity contribution in [3.8, 4) is 0 Å². The molecule has 0 aliphatic heterocycles. The highest BCUT2D eigenvalue weighted by Crippen LogP contribution is 2.18. The van der Waals surface area contributed by atoms with Crippen LogP contribution in [0.3, 0.4) is 0 Å². The molecule has 0 fully saturated rings. The molecule has 0 aromatic heterocycles. The Balaban J connectivity index is 2.88. The van der Waals surface area contributed by atoms with E-state index in [1.807, 2.05) is 20.8 Å². The molecule has 0 saturated heterocycles. The number of benzene rings is 1. The van der Waals surface area contributed by atoms with Crippen LogP contribution in [0.2, 0.25) is 5.02 Å². The van der Waals surface area contributed by atoms with Crippen molar-refractivity contribution in [1.82, 2.24) is 0 Å². The third-order valence-electron chi connectivity index (χ3n) is 2.70. The number of hydrogen-bond donors (Lipinski definition) is 0. The maximum absolute atomic E-state index is 12.0. The average Bonchev–Trinajstić information content (AvgIpc) is 2.44. The fraction of sp³-hybridized carbons (Fsp3) is 0.500. The summed E-state index contributed by atoms with van der Waals surface area (Å²) >= 11 is 5.89.